The molecule has 1 aliphatic heterocycles. The van der Waals surface area contributed by atoms with Crippen molar-refractivity contribution in [2.45, 2.75) is 17.7 Å². The van der Waals surface area contributed by atoms with Crippen LogP contribution >= 0.6 is 0 Å². The Morgan fingerprint density at radius 1 is 0.889 bits per heavy atom. The van der Waals surface area contributed by atoms with E-state index >= 15 is 0 Å². The van der Waals surface area contributed by atoms with Gasteiger partial charge in [-0.05, 0) is 35.9 Å². The Morgan fingerprint density at radius 3 is 2.19 bits per heavy atom. The summed E-state index contributed by atoms with van der Waals surface area (Å²) >= 11 is 0. The van der Waals surface area contributed by atoms with E-state index in [0.29, 0.717) is 18.6 Å². The van der Waals surface area contributed by atoms with E-state index in [-0.39, 0.29) is 15.1 Å². The fourth-order valence-corrected chi connectivity index (χ4v) is 6.11. The number of para-hydroxylation sites is 1. The van der Waals surface area contributed by atoms with Crippen LogP contribution in [-0.2, 0) is 14.8 Å². The largest absolute Gasteiger partial charge is 0.541 e. The molecule has 1 fully saturated rings. The third kappa shape index (κ3) is 4.06. The molecule has 0 unspecified atom stereocenters. The van der Waals surface area contributed by atoms with Gasteiger partial charge in [-0.25, -0.2) is 12.4 Å². The van der Waals surface area contributed by atoms with Crippen molar-refractivity contribution >= 4 is 32.9 Å². The second-order valence-corrected chi connectivity index (χ2v) is 10.6. The number of amides is 2. The van der Waals surface area contributed by atoms with Crippen LogP contribution in [0.3, 0.4) is 0 Å². The van der Waals surface area contributed by atoms with Gasteiger partial charge in [-0.3, -0.25) is 4.79 Å². The molecule has 1 N–H and O–H groups in total. The monoisotopic (exact) mass is 504 g/mol. The Balaban J connectivity index is 1.47. The summed E-state index contributed by atoms with van der Waals surface area (Å²) in [6, 6.07) is 22.7. The summed E-state index contributed by atoms with van der Waals surface area (Å²) in [6.07, 6.45) is 2.70. The number of likely N-dealkylation sites (tertiary alicyclic amines) is 1. The molecule has 4 aromatic rings. The van der Waals surface area contributed by atoms with Gasteiger partial charge in [0.25, 0.3) is 15.9 Å². The summed E-state index contributed by atoms with van der Waals surface area (Å²) in [5, 5.41) is 0.825. The zero-order valence-corrected chi connectivity index (χ0v) is 20.6. The van der Waals surface area contributed by atoms with Crippen LogP contribution in [0.15, 0.2) is 90.0 Å². The lowest BCUT2D eigenvalue weighted by Crippen LogP contribution is -2.61. The molecular formula is C27H26N3O5S+. The van der Waals surface area contributed by atoms with Gasteiger partial charge in [0.05, 0.1) is 17.5 Å². The van der Waals surface area contributed by atoms with Gasteiger partial charge < -0.3 is 4.74 Å². The van der Waals surface area contributed by atoms with Gasteiger partial charge in [-0.1, -0.05) is 48.5 Å². The first-order valence-electron chi connectivity index (χ1n) is 11.7. The Labute approximate surface area is 209 Å². The van der Waals surface area contributed by atoms with Crippen molar-refractivity contribution in [3.05, 3.63) is 90.6 Å². The number of carbonyl (C=O) groups excluding carboxylic acids is 2. The molecule has 5 rings (SSSR count). The third-order valence-electron chi connectivity index (χ3n) is 6.61. The number of quaternary nitrogens is 1. The minimum Gasteiger partial charge on any atom is -0.422 e. The molecular weight excluding hydrogens is 478 g/mol. The fourth-order valence-electron chi connectivity index (χ4n) is 4.74. The van der Waals surface area contributed by atoms with Gasteiger partial charge in [0.1, 0.15) is 13.1 Å². The number of aromatic nitrogens is 1. The minimum atomic E-state index is -3.94. The van der Waals surface area contributed by atoms with Gasteiger partial charge in [0, 0.05) is 35.6 Å². The summed E-state index contributed by atoms with van der Waals surface area (Å²) in [5.41, 5.74) is 5.31. The number of carbonyl (C=O) groups is 2. The molecule has 2 heterocycles. The van der Waals surface area contributed by atoms with Gasteiger partial charge in [0.2, 0.25) is 0 Å². The first-order chi connectivity index (χ1) is 17.4. The number of hydrogen-bond acceptors (Lipinski definition) is 5. The molecule has 1 aliphatic rings. The summed E-state index contributed by atoms with van der Waals surface area (Å²) in [7, 11) is -2.65. The van der Waals surface area contributed by atoms with Crippen LogP contribution < -0.4 is 5.43 Å². The van der Waals surface area contributed by atoms with Gasteiger partial charge in [-0.15, -0.1) is 4.59 Å². The van der Waals surface area contributed by atoms with E-state index in [0.717, 1.165) is 29.4 Å². The normalized spacial score (nSPS) is 15.0. The van der Waals surface area contributed by atoms with Crippen LogP contribution in [0.1, 0.15) is 23.2 Å². The molecule has 0 radical (unpaired) electrons. The fraction of sp³-hybridized carbons (Fsp3) is 0.185. The van der Waals surface area contributed by atoms with Crippen molar-refractivity contribution in [3.63, 3.8) is 0 Å². The van der Waals surface area contributed by atoms with Crippen LogP contribution in [0.5, 0.6) is 0 Å². The van der Waals surface area contributed by atoms with Crippen molar-refractivity contribution in [1.29, 1.82) is 0 Å². The summed E-state index contributed by atoms with van der Waals surface area (Å²) in [6.45, 7) is 0.907. The zero-order valence-electron chi connectivity index (χ0n) is 19.8. The molecule has 9 heteroatoms. The molecule has 2 amide bonds. The predicted molar refractivity (Wildman–Crippen MR) is 135 cm³/mol. The van der Waals surface area contributed by atoms with E-state index in [9.17, 15) is 18.0 Å². The van der Waals surface area contributed by atoms with E-state index in [1.54, 1.807) is 18.3 Å². The van der Waals surface area contributed by atoms with Crippen molar-refractivity contribution in [2.24, 2.45) is 0 Å². The molecule has 184 valence electrons. The van der Waals surface area contributed by atoms with Gasteiger partial charge >= 0.3 is 6.09 Å². The van der Waals surface area contributed by atoms with Gasteiger partial charge in [-0.2, -0.15) is 10.2 Å². The second kappa shape index (κ2) is 9.25. The lowest BCUT2D eigenvalue weighted by molar-refractivity contribution is -0.880. The minimum absolute atomic E-state index is 0.0532. The molecule has 0 aliphatic carbocycles. The predicted octanol–water partition coefficient (Wildman–Crippen LogP) is 4.57. The summed E-state index contributed by atoms with van der Waals surface area (Å²) < 4.78 is 33.2. The van der Waals surface area contributed by atoms with Crippen molar-refractivity contribution in [1.82, 2.24) is 9.40 Å². The zero-order chi connectivity index (χ0) is 25.3. The number of hydrogen-bond donors (Lipinski definition) is 1. The molecule has 0 atom stereocenters. The van der Waals surface area contributed by atoms with Crippen LogP contribution in [0.2, 0.25) is 0 Å². The van der Waals surface area contributed by atoms with E-state index in [4.69, 9.17) is 4.74 Å². The third-order valence-corrected chi connectivity index (χ3v) is 8.29. The molecule has 1 saturated heterocycles. The van der Waals surface area contributed by atoms with E-state index in [1.165, 1.54) is 35.3 Å². The number of nitrogens with one attached hydrogen (secondary N) is 1. The van der Waals surface area contributed by atoms with Crippen molar-refractivity contribution in [3.8, 4) is 11.1 Å². The summed E-state index contributed by atoms with van der Waals surface area (Å²) in [4.78, 5) is 25.3. The Kier molecular flexibility index (Phi) is 6.11. The highest BCUT2D eigenvalue weighted by Crippen LogP contribution is 2.33. The standard InChI is InChI=1S/C27H25N3O5S/c1-35-27(32)30(17-7-8-18-30)28-26(31)21-13-15-22(16-14-21)36(33,34)29-19-24(20-9-3-2-4-10-20)23-11-5-6-12-25(23)29/h2-6,9-16,19H,7-8,17-18H2,1H3/p+1. The van der Waals surface area contributed by atoms with E-state index < -0.39 is 22.0 Å². The smallest absolute Gasteiger partial charge is 0.422 e. The average Bonchev–Trinajstić information content (AvgIpc) is 3.55. The topological polar surface area (TPSA) is 94.5 Å². The number of ether oxygens (including phenoxy) is 1. The summed E-state index contributed by atoms with van der Waals surface area (Å²) in [5.74, 6) is -0.468. The Morgan fingerprint density at radius 2 is 1.53 bits per heavy atom. The number of benzene rings is 3. The lowest BCUT2D eigenvalue weighted by atomic mass is 10.1. The first kappa shape index (κ1) is 23.8. The maximum absolute atomic E-state index is 13.6. The molecule has 0 bridgehead atoms. The molecule has 0 saturated carbocycles. The van der Waals surface area contributed by atoms with Crippen LogP contribution in [-0.4, -0.2) is 49.2 Å². The van der Waals surface area contributed by atoms with E-state index in [2.05, 4.69) is 5.43 Å². The average molecular weight is 505 g/mol. The van der Waals surface area contributed by atoms with Crippen molar-refractivity contribution in [2.75, 3.05) is 20.2 Å². The van der Waals surface area contributed by atoms with Crippen LogP contribution in [0, 0.1) is 0 Å². The van der Waals surface area contributed by atoms with Crippen LogP contribution in [0.25, 0.3) is 22.0 Å². The molecule has 0 spiro atoms. The van der Waals surface area contributed by atoms with E-state index in [1.807, 2.05) is 42.5 Å². The quantitative estimate of drug-likeness (QED) is 0.411. The molecule has 36 heavy (non-hydrogen) atoms. The number of fused-ring (bicyclic) bond motifs is 1. The first-order valence-corrected chi connectivity index (χ1v) is 13.1. The second-order valence-electron chi connectivity index (χ2n) is 8.78. The number of nitrogens with zero attached hydrogens (tertiary/aromatic N) is 2. The SMILES string of the molecule is COC(=O)[N+]1(NC(=O)c2ccc(S(=O)(=O)n3cc(-c4ccccc4)c4ccccc43)cc2)CCCC1. The molecule has 8 nitrogen and oxygen atoms in total. The van der Waals surface area contributed by atoms with Crippen LogP contribution in [0.4, 0.5) is 4.79 Å². The lowest BCUT2D eigenvalue weighted by Gasteiger charge is -2.28. The highest BCUT2D eigenvalue weighted by atomic mass is 32.2. The Hall–Kier alpha value is -3.95. The number of rotatable bonds is 4. The maximum atomic E-state index is 13.6. The Bertz CT molecular complexity index is 1540. The highest BCUT2D eigenvalue weighted by Gasteiger charge is 2.44. The molecule has 1 aromatic heterocycles. The van der Waals surface area contributed by atoms with Gasteiger partial charge in [0.15, 0.2) is 0 Å². The maximum Gasteiger partial charge on any atom is 0.541 e. The highest BCUT2D eigenvalue weighted by molar-refractivity contribution is 7.90. The number of methoxy groups -OCH3 is 1. The molecule has 3 aromatic carbocycles. The van der Waals surface area contributed by atoms with Crippen molar-refractivity contribution < 1.29 is 27.3 Å².